The van der Waals surface area contributed by atoms with Gasteiger partial charge in [-0.25, -0.2) is 0 Å². The van der Waals surface area contributed by atoms with Gasteiger partial charge >= 0.3 is 0 Å². The third kappa shape index (κ3) is 3.87. The van der Waals surface area contributed by atoms with Crippen LogP contribution < -0.4 is 14.8 Å². The summed E-state index contributed by atoms with van der Waals surface area (Å²) in [7, 11) is 3.34. The summed E-state index contributed by atoms with van der Waals surface area (Å²) in [6, 6.07) is 5.89. The van der Waals surface area contributed by atoms with Crippen LogP contribution >= 0.6 is 0 Å². The average Bonchev–Trinajstić information content (AvgIpc) is 2.78. The van der Waals surface area contributed by atoms with E-state index in [0.717, 1.165) is 43.0 Å². The zero-order chi connectivity index (χ0) is 14.6. The normalized spacial score (nSPS) is 20.9. The number of hydrogen-bond acceptors (Lipinski definition) is 4. The summed E-state index contributed by atoms with van der Waals surface area (Å²) in [5.74, 6) is 1.66. The molecule has 1 saturated heterocycles. The van der Waals surface area contributed by atoms with E-state index in [1.165, 1.54) is 0 Å². The molecule has 4 heteroatoms. The Labute approximate surface area is 121 Å². The summed E-state index contributed by atoms with van der Waals surface area (Å²) in [4.78, 5) is 0. The molecule has 0 bridgehead atoms. The summed E-state index contributed by atoms with van der Waals surface area (Å²) in [5.41, 5.74) is 1.16. The molecule has 1 unspecified atom stereocenters. The van der Waals surface area contributed by atoms with E-state index in [1.54, 1.807) is 14.2 Å². The number of methoxy groups -OCH3 is 2. The molecule has 1 fully saturated rings. The predicted octanol–water partition coefficient (Wildman–Crippen LogP) is 2.75. The van der Waals surface area contributed by atoms with Crippen LogP contribution in [0.2, 0.25) is 0 Å². The molecule has 0 aliphatic carbocycles. The van der Waals surface area contributed by atoms with Crippen molar-refractivity contribution in [2.24, 2.45) is 0 Å². The summed E-state index contributed by atoms with van der Waals surface area (Å²) in [6.07, 6.45) is 2.57. The zero-order valence-corrected chi connectivity index (χ0v) is 12.9. The highest BCUT2D eigenvalue weighted by Gasteiger charge is 2.31. The van der Waals surface area contributed by atoms with Crippen molar-refractivity contribution in [2.45, 2.75) is 44.9 Å². The van der Waals surface area contributed by atoms with E-state index < -0.39 is 0 Å². The van der Waals surface area contributed by atoms with E-state index in [0.29, 0.717) is 6.10 Å². The predicted molar refractivity (Wildman–Crippen MR) is 79.4 cm³/mol. The van der Waals surface area contributed by atoms with Gasteiger partial charge in [0.05, 0.1) is 25.9 Å². The van der Waals surface area contributed by atoms with E-state index >= 15 is 0 Å². The first-order valence-corrected chi connectivity index (χ1v) is 7.13. The Morgan fingerprint density at radius 1 is 1.30 bits per heavy atom. The minimum Gasteiger partial charge on any atom is -0.497 e. The topological polar surface area (TPSA) is 39.7 Å². The number of hydrogen-bond donors (Lipinski definition) is 1. The second-order valence-corrected chi connectivity index (χ2v) is 5.85. The van der Waals surface area contributed by atoms with Gasteiger partial charge in [-0.15, -0.1) is 0 Å². The summed E-state index contributed by atoms with van der Waals surface area (Å²) < 4.78 is 16.6. The largest absolute Gasteiger partial charge is 0.497 e. The van der Waals surface area contributed by atoms with Crippen LogP contribution in [0.5, 0.6) is 11.5 Å². The van der Waals surface area contributed by atoms with E-state index in [-0.39, 0.29) is 5.60 Å². The Morgan fingerprint density at radius 2 is 2.10 bits per heavy atom. The number of benzene rings is 1. The van der Waals surface area contributed by atoms with Crippen LogP contribution in [0.15, 0.2) is 18.2 Å². The molecule has 4 nitrogen and oxygen atoms in total. The van der Waals surface area contributed by atoms with Crippen molar-refractivity contribution in [3.8, 4) is 11.5 Å². The third-order valence-electron chi connectivity index (χ3n) is 3.74. The molecule has 1 aliphatic rings. The average molecular weight is 279 g/mol. The second-order valence-electron chi connectivity index (χ2n) is 5.85. The highest BCUT2D eigenvalue weighted by atomic mass is 16.5. The van der Waals surface area contributed by atoms with Crippen LogP contribution in [0.4, 0.5) is 0 Å². The first kappa shape index (κ1) is 15.1. The quantitative estimate of drug-likeness (QED) is 0.869. The molecule has 112 valence electrons. The van der Waals surface area contributed by atoms with Crippen molar-refractivity contribution >= 4 is 0 Å². The Balaban J connectivity index is 1.85. The first-order valence-electron chi connectivity index (χ1n) is 7.13. The van der Waals surface area contributed by atoms with E-state index in [2.05, 4.69) is 19.2 Å². The van der Waals surface area contributed by atoms with Crippen LogP contribution in [0.3, 0.4) is 0 Å². The monoisotopic (exact) mass is 279 g/mol. The van der Waals surface area contributed by atoms with Gasteiger partial charge in [-0.1, -0.05) is 6.07 Å². The number of rotatable bonds is 6. The SMILES string of the molecule is COc1ccc(CNCC2CCC(C)(C)O2)c(OC)c1. The molecule has 1 atom stereocenters. The second kappa shape index (κ2) is 6.46. The van der Waals surface area contributed by atoms with Crippen molar-refractivity contribution in [3.63, 3.8) is 0 Å². The molecule has 1 aliphatic heterocycles. The lowest BCUT2D eigenvalue weighted by Crippen LogP contribution is -2.29. The molecule has 1 N–H and O–H groups in total. The highest BCUT2D eigenvalue weighted by Crippen LogP contribution is 2.29. The van der Waals surface area contributed by atoms with Gasteiger partial charge in [0.25, 0.3) is 0 Å². The van der Waals surface area contributed by atoms with Crippen LogP contribution in [-0.4, -0.2) is 32.5 Å². The third-order valence-corrected chi connectivity index (χ3v) is 3.74. The molecule has 0 radical (unpaired) electrons. The van der Waals surface area contributed by atoms with Crippen LogP contribution in [0.1, 0.15) is 32.3 Å². The lowest BCUT2D eigenvalue weighted by atomic mass is 10.1. The molecule has 0 saturated carbocycles. The Morgan fingerprint density at radius 3 is 2.70 bits per heavy atom. The lowest BCUT2D eigenvalue weighted by Gasteiger charge is -2.19. The Hall–Kier alpha value is -1.26. The molecule has 1 aromatic carbocycles. The van der Waals surface area contributed by atoms with Gasteiger partial charge in [0.15, 0.2) is 0 Å². The molecule has 0 amide bonds. The molecular weight excluding hydrogens is 254 g/mol. The fourth-order valence-corrected chi connectivity index (χ4v) is 2.59. The van der Waals surface area contributed by atoms with Crippen molar-refractivity contribution in [2.75, 3.05) is 20.8 Å². The van der Waals surface area contributed by atoms with Crippen molar-refractivity contribution in [1.29, 1.82) is 0 Å². The minimum absolute atomic E-state index is 0.0319. The van der Waals surface area contributed by atoms with Crippen molar-refractivity contribution < 1.29 is 14.2 Å². The van der Waals surface area contributed by atoms with E-state index in [4.69, 9.17) is 14.2 Å². The standard InChI is InChI=1S/C16H25NO3/c1-16(2)8-7-14(20-16)11-17-10-12-5-6-13(18-3)9-15(12)19-4/h5-6,9,14,17H,7-8,10-11H2,1-4H3. The molecule has 1 heterocycles. The maximum Gasteiger partial charge on any atom is 0.127 e. The zero-order valence-electron chi connectivity index (χ0n) is 12.9. The van der Waals surface area contributed by atoms with Gasteiger partial charge in [-0.3, -0.25) is 0 Å². The summed E-state index contributed by atoms with van der Waals surface area (Å²) >= 11 is 0. The maximum absolute atomic E-state index is 5.97. The summed E-state index contributed by atoms with van der Waals surface area (Å²) in [5, 5.41) is 3.45. The first-order chi connectivity index (χ1) is 9.54. The maximum atomic E-state index is 5.97. The van der Waals surface area contributed by atoms with Crippen molar-refractivity contribution in [1.82, 2.24) is 5.32 Å². The van der Waals surface area contributed by atoms with Crippen LogP contribution in [-0.2, 0) is 11.3 Å². The van der Waals surface area contributed by atoms with Gasteiger partial charge in [0.1, 0.15) is 11.5 Å². The van der Waals surface area contributed by atoms with Gasteiger partial charge in [0.2, 0.25) is 0 Å². The van der Waals surface area contributed by atoms with Gasteiger partial charge in [0, 0.05) is 24.7 Å². The minimum atomic E-state index is 0.0319. The molecule has 20 heavy (non-hydrogen) atoms. The highest BCUT2D eigenvalue weighted by molar-refractivity contribution is 5.40. The number of nitrogens with one attached hydrogen (secondary N) is 1. The van der Waals surface area contributed by atoms with Crippen LogP contribution in [0, 0.1) is 0 Å². The number of ether oxygens (including phenoxy) is 3. The smallest absolute Gasteiger partial charge is 0.127 e. The van der Waals surface area contributed by atoms with Crippen molar-refractivity contribution in [3.05, 3.63) is 23.8 Å². The molecule has 0 aromatic heterocycles. The van der Waals surface area contributed by atoms with Gasteiger partial charge in [-0.05, 0) is 32.8 Å². The fourth-order valence-electron chi connectivity index (χ4n) is 2.59. The summed E-state index contributed by atoms with van der Waals surface area (Å²) in [6.45, 7) is 5.95. The Kier molecular flexibility index (Phi) is 4.89. The lowest BCUT2D eigenvalue weighted by molar-refractivity contribution is -0.0143. The van der Waals surface area contributed by atoms with Crippen LogP contribution in [0.25, 0.3) is 0 Å². The molecular formula is C16H25NO3. The van der Waals surface area contributed by atoms with Gasteiger partial charge < -0.3 is 19.5 Å². The molecule has 2 rings (SSSR count). The molecule has 1 aromatic rings. The van der Waals surface area contributed by atoms with E-state index in [9.17, 15) is 0 Å². The van der Waals surface area contributed by atoms with Gasteiger partial charge in [-0.2, -0.15) is 0 Å². The van der Waals surface area contributed by atoms with E-state index in [1.807, 2.05) is 18.2 Å². The Bertz CT molecular complexity index is 445. The molecule has 0 spiro atoms. The fraction of sp³-hybridized carbons (Fsp3) is 0.625.